The smallest absolute Gasteiger partial charge is 0.407 e. The molecule has 3 unspecified atom stereocenters. The maximum atomic E-state index is 11.3. The Labute approximate surface area is 108 Å². The Morgan fingerprint density at radius 2 is 2.22 bits per heavy atom. The topological polar surface area (TPSA) is 61.8 Å². The van der Waals surface area contributed by atoms with Crippen molar-refractivity contribution in [1.29, 1.82) is 0 Å². The van der Waals surface area contributed by atoms with Gasteiger partial charge in [-0.1, -0.05) is 6.92 Å². The van der Waals surface area contributed by atoms with Gasteiger partial charge in [0.05, 0.1) is 13.2 Å². The summed E-state index contributed by atoms with van der Waals surface area (Å²) in [5, 5.41) is 12.9. The summed E-state index contributed by atoms with van der Waals surface area (Å²) in [6.45, 7) is 3.84. The normalized spacial score (nSPS) is 30.8. The third kappa shape index (κ3) is 3.36. The molecule has 1 amide bonds. The minimum Gasteiger partial charge on any atom is -0.453 e. The van der Waals surface area contributed by atoms with Gasteiger partial charge in [-0.05, 0) is 31.6 Å². The van der Waals surface area contributed by atoms with E-state index in [-0.39, 0.29) is 24.2 Å². The first kappa shape index (κ1) is 13.6. The van der Waals surface area contributed by atoms with Crippen LogP contribution < -0.4 is 5.32 Å². The number of piperidine rings is 1. The number of hydrogen-bond donors (Lipinski definition) is 2. The summed E-state index contributed by atoms with van der Waals surface area (Å²) in [6, 6.07) is 0.761. The lowest BCUT2D eigenvalue weighted by atomic mass is 9.88. The first-order chi connectivity index (χ1) is 8.63. The lowest BCUT2D eigenvalue weighted by Gasteiger charge is -2.39. The van der Waals surface area contributed by atoms with Crippen LogP contribution in [-0.2, 0) is 4.74 Å². The van der Waals surface area contributed by atoms with Crippen LogP contribution in [0.3, 0.4) is 0 Å². The molecule has 5 nitrogen and oxygen atoms in total. The number of methoxy groups -OCH3 is 1. The zero-order valence-electron chi connectivity index (χ0n) is 11.3. The molecule has 104 valence electrons. The summed E-state index contributed by atoms with van der Waals surface area (Å²) < 4.78 is 4.66. The van der Waals surface area contributed by atoms with Gasteiger partial charge in [-0.2, -0.15) is 0 Å². The molecule has 18 heavy (non-hydrogen) atoms. The number of hydrogen-bond acceptors (Lipinski definition) is 4. The molecule has 0 radical (unpaired) electrons. The second-order valence-corrected chi connectivity index (χ2v) is 5.49. The van der Waals surface area contributed by atoms with Crippen LogP contribution in [0.25, 0.3) is 0 Å². The third-order valence-corrected chi connectivity index (χ3v) is 4.04. The van der Waals surface area contributed by atoms with Crippen LogP contribution >= 0.6 is 0 Å². The fraction of sp³-hybridized carbons (Fsp3) is 0.923. The Morgan fingerprint density at radius 1 is 1.50 bits per heavy atom. The van der Waals surface area contributed by atoms with Crippen molar-refractivity contribution in [3.8, 4) is 0 Å². The van der Waals surface area contributed by atoms with Gasteiger partial charge in [0.1, 0.15) is 0 Å². The largest absolute Gasteiger partial charge is 0.453 e. The Kier molecular flexibility index (Phi) is 4.45. The van der Waals surface area contributed by atoms with E-state index in [1.54, 1.807) is 0 Å². The minimum atomic E-state index is -0.373. The highest BCUT2D eigenvalue weighted by Gasteiger charge is 2.38. The highest BCUT2D eigenvalue weighted by molar-refractivity contribution is 5.67. The number of rotatable bonds is 4. The predicted molar refractivity (Wildman–Crippen MR) is 68.3 cm³/mol. The van der Waals surface area contributed by atoms with Gasteiger partial charge in [-0.25, -0.2) is 4.79 Å². The lowest BCUT2D eigenvalue weighted by molar-refractivity contribution is 0.0322. The van der Waals surface area contributed by atoms with Crippen molar-refractivity contribution in [2.45, 2.75) is 50.8 Å². The van der Waals surface area contributed by atoms with E-state index in [0.29, 0.717) is 6.04 Å². The third-order valence-electron chi connectivity index (χ3n) is 4.04. The van der Waals surface area contributed by atoms with E-state index in [9.17, 15) is 9.90 Å². The van der Waals surface area contributed by atoms with Gasteiger partial charge in [0.25, 0.3) is 0 Å². The van der Waals surface area contributed by atoms with Crippen molar-refractivity contribution in [3.05, 3.63) is 0 Å². The van der Waals surface area contributed by atoms with Crippen LogP contribution in [0.2, 0.25) is 0 Å². The molecule has 0 aromatic rings. The van der Waals surface area contributed by atoms with E-state index >= 15 is 0 Å². The van der Waals surface area contributed by atoms with Gasteiger partial charge < -0.3 is 15.2 Å². The first-order valence-electron chi connectivity index (χ1n) is 6.90. The number of nitrogens with one attached hydrogen (secondary N) is 1. The molecule has 0 aromatic heterocycles. The predicted octanol–water partition coefficient (Wildman–Crippen LogP) is 0.966. The molecule has 2 fully saturated rings. The molecule has 3 atom stereocenters. The Morgan fingerprint density at radius 3 is 2.78 bits per heavy atom. The number of nitrogens with zero attached hydrogens (tertiary/aromatic N) is 1. The van der Waals surface area contributed by atoms with Crippen molar-refractivity contribution in [1.82, 2.24) is 10.2 Å². The fourth-order valence-electron chi connectivity index (χ4n) is 2.85. The van der Waals surface area contributed by atoms with Gasteiger partial charge in [0.2, 0.25) is 0 Å². The Balaban J connectivity index is 1.94. The van der Waals surface area contributed by atoms with Crippen LogP contribution in [0.15, 0.2) is 0 Å². The van der Waals surface area contributed by atoms with E-state index in [0.717, 1.165) is 25.9 Å². The van der Waals surface area contributed by atoms with Crippen molar-refractivity contribution in [2.24, 2.45) is 5.92 Å². The summed E-state index contributed by atoms with van der Waals surface area (Å²) >= 11 is 0. The van der Waals surface area contributed by atoms with Crippen LogP contribution in [0, 0.1) is 5.92 Å². The van der Waals surface area contributed by atoms with E-state index in [1.807, 2.05) is 6.92 Å². The number of alkyl carbamates (subject to hydrolysis) is 1. The molecule has 2 rings (SSSR count). The number of likely N-dealkylation sites (tertiary alicyclic amines) is 1. The molecule has 0 aromatic carbocycles. The molecule has 0 spiro atoms. The Bertz CT molecular complexity index is 294. The second kappa shape index (κ2) is 5.89. The number of aliphatic hydroxyl groups is 1. The number of amides is 1. The SMILES string of the molecule is CCC(O)C1CC(NC(=O)OC)CN(C2CC2)C1. The van der Waals surface area contributed by atoms with Crippen LogP contribution in [-0.4, -0.2) is 54.5 Å². The molecular weight excluding hydrogens is 232 g/mol. The molecule has 2 aliphatic rings. The average molecular weight is 256 g/mol. The van der Waals surface area contributed by atoms with Crippen molar-refractivity contribution >= 4 is 6.09 Å². The van der Waals surface area contributed by atoms with Crippen LogP contribution in [0.1, 0.15) is 32.6 Å². The monoisotopic (exact) mass is 256 g/mol. The zero-order valence-corrected chi connectivity index (χ0v) is 11.3. The summed E-state index contributed by atoms with van der Waals surface area (Å²) in [7, 11) is 1.38. The molecule has 1 saturated carbocycles. The highest BCUT2D eigenvalue weighted by atomic mass is 16.5. The first-order valence-corrected chi connectivity index (χ1v) is 6.90. The van der Waals surface area contributed by atoms with Crippen molar-refractivity contribution < 1.29 is 14.6 Å². The summed E-state index contributed by atoms with van der Waals surface area (Å²) in [5.41, 5.74) is 0. The molecule has 1 heterocycles. The maximum Gasteiger partial charge on any atom is 0.407 e. The maximum absolute atomic E-state index is 11.3. The van der Waals surface area contributed by atoms with Gasteiger partial charge in [0.15, 0.2) is 0 Å². The van der Waals surface area contributed by atoms with Crippen LogP contribution in [0.4, 0.5) is 4.79 Å². The van der Waals surface area contributed by atoms with Gasteiger partial charge in [-0.15, -0.1) is 0 Å². The average Bonchev–Trinajstić information content (AvgIpc) is 3.21. The van der Waals surface area contributed by atoms with Gasteiger partial charge in [-0.3, -0.25) is 4.90 Å². The molecule has 0 bridgehead atoms. The molecular formula is C13H24N2O3. The quantitative estimate of drug-likeness (QED) is 0.786. The minimum absolute atomic E-state index is 0.0954. The second-order valence-electron chi connectivity index (χ2n) is 5.49. The molecule has 1 aliphatic heterocycles. The summed E-state index contributed by atoms with van der Waals surface area (Å²) in [4.78, 5) is 13.7. The molecule has 1 saturated heterocycles. The van der Waals surface area contributed by atoms with Gasteiger partial charge in [0, 0.05) is 25.2 Å². The molecule has 2 N–H and O–H groups in total. The van der Waals surface area contributed by atoms with E-state index in [4.69, 9.17) is 0 Å². The van der Waals surface area contributed by atoms with Crippen molar-refractivity contribution in [2.75, 3.05) is 20.2 Å². The molecule has 5 heteroatoms. The number of carbonyl (C=O) groups is 1. The summed E-state index contributed by atoms with van der Waals surface area (Å²) in [5.74, 6) is 0.256. The van der Waals surface area contributed by atoms with E-state index < -0.39 is 0 Å². The molecule has 1 aliphatic carbocycles. The number of aliphatic hydroxyl groups excluding tert-OH is 1. The van der Waals surface area contributed by atoms with E-state index in [1.165, 1.54) is 20.0 Å². The number of carbonyl (C=O) groups excluding carboxylic acids is 1. The van der Waals surface area contributed by atoms with Gasteiger partial charge >= 0.3 is 6.09 Å². The summed E-state index contributed by atoms with van der Waals surface area (Å²) in [6.07, 6.45) is 3.47. The fourth-order valence-corrected chi connectivity index (χ4v) is 2.85. The van der Waals surface area contributed by atoms with E-state index in [2.05, 4.69) is 15.0 Å². The zero-order chi connectivity index (χ0) is 13.1. The highest BCUT2D eigenvalue weighted by Crippen LogP contribution is 2.32. The van der Waals surface area contributed by atoms with Crippen molar-refractivity contribution in [3.63, 3.8) is 0 Å². The number of ether oxygens (including phenoxy) is 1. The van der Waals surface area contributed by atoms with Crippen LogP contribution in [0.5, 0.6) is 0 Å². The Hall–Kier alpha value is -0.810. The standard InChI is InChI=1S/C13H24N2O3/c1-3-12(16)9-6-10(14-13(17)18-2)8-15(7-9)11-4-5-11/h9-12,16H,3-8H2,1-2H3,(H,14,17). The lowest BCUT2D eigenvalue weighted by Crippen LogP contribution is -2.53.